The SMILES string of the molecule is CCN(CC)CCCNC1C(=O)Nc2cc(F)ccc21. The van der Waals surface area contributed by atoms with E-state index in [4.69, 9.17) is 0 Å². The molecule has 2 N–H and O–H groups in total. The Hall–Kier alpha value is -1.46. The zero-order valence-electron chi connectivity index (χ0n) is 12.1. The van der Waals surface area contributed by atoms with Crippen LogP contribution in [0.3, 0.4) is 0 Å². The lowest BCUT2D eigenvalue weighted by molar-refractivity contribution is -0.117. The smallest absolute Gasteiger partial charge is 0.246 e. The first-order valence-corrected chi connectivity index (χ1v) is 7.21. The van der Waals surface area contributed by atoms with E-state index < -0.39 is 0 Å². The van der Waals surface area contributed by atoms with Crippen molar-refractivity contribution in [3.05, 3.63) is 29.6 Å². The largest absolute Gasteiger partial charge is 0.324 e. The van der Waals surface area contributed by atoms with Crippen molar-refractivity contribution >= 4 is 11.6 Å². The number of rotatable bonds is 7. The second-order valence-corrected chi connectivity index (χ2v) is 4.99. The summed E-state index contributed by atoms with van der Waals surface area (Å²) in [5, 5.41) is 5.96. The molecule has 2 rings (SSSR count). The minimum atomic E-state index is -0.359. The summed E-state index contributed by atoms with van der Waals surface area (Å²) in [5.41, 5.74) is 1.41. The number of hydrogen-bond donors (Lipinski definition) is 2. The average Bonchev–Trinajstić information content (AvgIpc) is 2.74. The molecule has 20 heavy (non-hydrogen) atoms. The van der Waals surface area contributed by atoms with Crippen molar-refractivity contribution in [2.45, 2.75) is 26.3 Å². The molecule has 1 aromatic carbocycles. The fourth-order valence-corrected chi connectivity index (χ4v) is 2.53. The summed E-state index contributed by atoms with van der Waals surface area (Å²) in [6, 6.07) is 4.07. The van der Waals surface area contributed by atoms with Crippen molar-refractivity contribution in [1.82, 2.24) is 10.2 Å². The van der Waals surface area contributed by atoms with Gasteiger partial charge in [0.05, 0.1) is 0 Å². The molecular weight excluding hydrogens is 257 g/mol. The van der Waals surface area contributed by atoms with E-state index in [-0.39, 0.29) is 17.8 Å². The normalized spacial score (nSPS) is 17.4. The van der Waals surface area contributed by atoms with Crippen LogP contribution < -0.4 is 10.6 Å². The highest BCUT2D eigenvalue weighted by Crippen LogP contribution is 2.30. The molecule has 0 spiro atoms. The zero-order chi connectivity index (χ0) is 14.5. The van der Waals surface area contributed by atoms with Gasteiger partial charge in [-0.25, -0.2) is 4.39 Å². The third-order valence-electron chi connectivity index (χ3n) is 3.74. The maximum Gasteiger partial charge on any atom is 0.246 e. The van der Waals surface area contributed by atoms with Crippen LogP contribution in [-0.2, 0) is 4.79 Å². The van der Waals surface area contributed by atoms with E-state index in [1.54, 1.807) is 6.07 Å². The van der Waals surface area contributed by atoms with Crippen LogP contribution in [0.2, 0.25) is 0 Å². The van der Waals surface area contributed by atoms with Gasteiger partial charge >= 0.3 is 0 Å². The number of anilines is 1. The molecule has 0 aliphatic carbocycles. The third kappa shape index (κ3) is 3.35. The van der Waals surface area contributed by atoms with E-state index in [0.29, 0.717) is 5.69 Å². The van der Waals surface area contributed by atoms with Gasteiger partial charge in [0, 0.05) is 11.3 Å². The molecule has 0 fully saturated rings. The Kier molecular flexibility index (Phi) is 5.09. The average molecular weight is 279 g/mol. The summed E-state index contributed by atoms with van der Waals surface area (Å²) in [7, 11) is 0. The van der Waals surface area contributed by atoms with Crippen LogP contribution in [0, 0.1) is 5.82 Å². The lowest BCUT2D eigenvalue weighted by Gasteiger charge is -2.18. The molecule has 0 aromatic heterocycles. The number of nitrogens with zero attached hydrogens (tertiary/aromatic N) is 1. The van der Waals surface area contributed by atoms with E-state index in [0.717, 1.165) is 38.2 Å². The first kappa shape index (κ1) is 14.9. The number of hydrogen-bond acceptors (Lipinski definition) is 3. The standard InChI is InChI=1S/C15H22FN3O/c1-3-19(4-2)9-5-8-17-14-12-7-6-11(16)10-13(12)18-15(14)20/h6-7,10,14,17H,3-5,8-9H2,1-2H3,(H,18,20). The topological polar surface area (TPSA) is 44.4 Å². The quantitative estimate of drug-likeness (QED) is 0.752. The van der Waals surface area contributed by atoms with Gasteiger partial charge in [0.1, 0.15) is 11.9 Å². The first-order chi connectivity index (χ1) is 9.65. The molecule has 0 bridgehead atoms. The lowest BCUT2D eigenvalue weighted by Crippen LogP contribution is -2.31. The number of amides is 1. The summed E-state index contributed by atoms with van der Waals surface area (Å²) in [6.07, 6.45) is 0.988. The van der Waals surface area contributed by atoms with Gasteiger partial charge in [-0.15, -0.1) is 0 Å². The number of halogens is 1. The van der Waals surface area contributed by atoms with Gasteiger partial charge < -0.3 is 15.5 Å². The molecule has 4 nitrogen and oxygen atoms in total. The Morgan fingerprint density at radius 1 is 1.35 bits per heavy atom. The number of nitrogens with one attached hydrogen (secondary N) is 2. The molecule has 0 saturated heterocycles. The van der Waals surface area contributed by atoms with Gasteiger partial charge in [0.25, 0.3) is 0 Å². The molecule has 1 aliphatic rings. The maximum atomic E-state index is 13.1. The summed E-state index contributed by atoms with van der Waals surface area (Å²) in [4.78, 5) is 14.2. The van der Waals surface area contributed by atoms with Gasteiger partial charge in [0.2, 0.25) is 5.91 Å². The summed E-state index contributed by atoms with van der Waals surface area (Å²) in [6.45, 7) is 8.17. The highest BCUT2D eigenvalue weighted by molar-refractivity contribution is 6.02. The van der Waals surface area contributed by atoms with Crippen LogP contribution in [0.15, 0.2) is 18.2 Å². The Morgan fingerprint density at radius 2 is 2.10 bits per heavy atom. The van der Waals surface area contributed by atoms with Crippen molar-refractivity contribution in [2.24, 2.45) is 0 Å². The highest BCUT2D eigenvalue weighted by atomic mass is 19.1. The molecule has 0 saturated carbocycles. The lowest BCUT2D eigenvalue weighted by atomic mass is 10.1. The molecule has 1 atom stereocenters. The monoisotopic (exact) mass is 279 g/mol. The van der Waals surface area contributed by atoms with Crippen LogP contribution >= 0.6 is 0 Å². The number of benzene rings is 1. The van der Waals surface area contributed by atoms with E-state index >= 15 is 0 Å². The predicted molar refractivity (Wildman–Crippen MR) is 78.2 cm³/mol. The van der Waals surface area contributed by atoms with Gasteiger partial charge in [-0.2, -0.15) is 0 Å². The van der Waals surface area contributed by atoms with Crippen LogP contribution in [-0.4, -0.2) is 37.0 Å². The van der Waals surface area contributed by atoms with Gasteiger partial charge in [0.15, 0.2) is 0 Å². The van der Waals surface area contributed by atoms with Gasteiger partial charge in [-0.3, -0.25) is 4.79 Å². The third-order valence-corrected chi connectivity index (χ3v) is 3.74. The van der Waals surface area contributed by atoms with E-state index in [1.807, 2.05) is 0 Å². The Bertz CT molecular complexity index is 474. The number of fused-ring (bicyclic) bond motifs is 1. The molecule has 1 aromatic rings. The molecule has 0 radical (unpaired) electrons. The van der Waals surface area contributed by atoms with Crippen LogP contribution in [0.1, 0.15) is 31.9 Å². The second kappa shape index (κ2) is 6.81. The molecule has 1 heterocycles. The Labute approximate surface area is 119 Å². The second-order valence-electron chi connectivity index (χ2n) is 4.99. The molecule has 5 heteroatoms. The van der Waals surface area contributed by atoms with Gasteiger partial charge in [-0.05, 0) is 44.7 Å². The minimum absolute atomic E-state index is 0.103. The number of carbonyl (C=O) groups is 1. The molecular formula is C15H22FN3O. The molecule has 110 valence electrons. The van der Waals surface area contributed by atoms with Crippen molar-refractivity contribution in [3.8, 4) is 0 Å². The van der Waals surface area contributed by atoms with Crippen LogP contribution in [0.5, 0.6) is 0 Å². The van der Waals surface area contributed by atoms with E-state index in [9.17, 15) is 9.18 Å². The zero-order valence-corrected chi connectivity index (χ0v) is 12.1. The predicted octanol–water partition coefficient (Wildman–Crippen LogP) is 2.14. The molecule has 1 aliphatic heterocycles. The maximum absolute atomic E-state index is 13.1. The highest BCUT2D eigenvalue weighted by Gasteiger charge is 2.29. The molecule has 1 amide bonds. The Morgan fingerprint density at radius 3 is 2.80 bits per heavy atom. The fourth-order valence-electron chi connectivity index (χ4n) is 2.53. The summed E-state index contributed by atoms with van der Waals surface area (Å²) < 4.78 is 13.1. The van der Waals surface area contributed by atoms with Gasteiger partial charge in [-0.1, -0.05) is 19.9 Å². The number of carbonyl (C=O) groups excluding carboxylic acids is 1. The minimum Gasteiger partial charge on any atom is -0.324 e. The summed E-state index contributed by atoms with van der Waals surface area (Å²) in [5.74, 6) is -0.431. The van der Waals surface area contributed by atoms with E-state index in [2.05, 4.69) is 29.4 Å². The Balaban J connectivity index is 1.87. The first-order valence-electron chi connectivity index (χ1n) is 7.21. The van der Waals surface area contributed by atoms with Crippen molar-refractivity contribution < 1.29 is 9.18 Å². The fraction of sp³-hybridized carbons (Fsp3) is 0.533. The summed E-state index contributed by atoms with van der Waals surface area (Å²) >= 11 is 0. The van der Waals surface area contributed by atoms with Crippen molar-refractivity contribution in [3.63, 3.8) is 0 Å². The van der Waals surface area contributed by atoms with E-state index in [1.165, 1.54) is 12.1 Å². The van der Waals surface area contributed by atoms with Crippen molar-refractivity contribution in [1.29, 1.82) is 0 Å². The van der Waals surface area contributed by atoms with Crippen LogP contribution in [0.4, 0.5) is 10.1 Å². The van der Waals surface area contributed by atoms with Crippen LogP contribution in [0.25, 0.3) is 0 Å². The van der Waals surface area contributed by atoms with Crippen molar-refractivity contribution in [2.75, 3.05) is 31.5 Å². The molecule has 1 unspecified atom stereocenters.